The molecule has 2 heteroatoms. The molecule has 1 saturated heterocycles. The van der Waals surface area contributed by atoms with Gasteiger partial charge in [0.2, 0.25) is 0 Å². The van der Waals surface area contributed by atoms with E-state index in [0.29, 0.717) is 6.04 Å². The average molecular weight is 288 g/mol. The molecule has 2 unspecified atom stereocenters. The Bertz CT molecular complexity index is 473. The van der Waals surface area contributed by atoms with Gasteiger partial charge in [0.1, 0.15) is 0 Å². The number of rotatable bonds is 3. The van der Waals surface area contributed by atoms with Crippen molar-refractivity contribution in [1.82, 2.24) is 5.32 Å². The van der Waals surface area contributed by atoms with Crippen molar-refractivity contribution < 1.29 is 0 Å². The lowest BCUT2D eigenvalue weighted by Crippen LogP contribution is -2.42. The first kappa shape index (κ1) is 16.4. The van der Waals surface area contributed by atoms with Crippen molar-refractivity contribution >= 4 is 5.69 Å². The van der Waals surface area contributed by atoms with Crippen molar-refractivity contribution in [2.24, 2.45) is 5.92 Å². The van der Waals surface area contributed by atoms with Gasteiger partial charge < -0.3 is 10.2 Å². The Hall–Kier alpha value is -1.02. The molecule has 1 aromatic rings. The van der Waals surface area contributed by atoms with Crippen LogP contribution in [0.4, 0.5) is 5.69 Å². The van der Waals surface area contributed by atoms with Gasteiger partial charge in [-0.3, -0.25) is 0 Å². The molecule has 2 rings (SSSR count). The Morgan fingerprint density at radius 2 is 1.90 bits per heavy atom. The summed E-state index contributed by atoms with van der Waals surface area (Å²) in [6.07, 6.45) is 2.67. The Morgan fingerprint density at radius 1 is 1.19 bits per heavy atom. The molecule has 2 nitrogen and oxygen atoms in total. The second kappa shape index (κ2) is 6.39. The van der Waals surface area contributed by atoms with E-state index in [0.717, 1.165) is 12.5 Å². The first-order chi connectivity index (χ1) is 9.76. The molecule has 0 spiro atoms. The van der Waals surface area contributed by atoms with E-state index in [9.17, 15) is 0 Å². The van der Waals surface area contributed by atoms with E-state index in [2.05, 4.69) is 70.0 Å². The molecular weight excluding hydrogens is 256 g/mol. The van der Waals surface area contributed by atoms with Crippen LogP contribution in [0.5, 0.6) is 0 Å². The van der Waals surface area contributed by atoms with Crippen molar-refractivity contribution in [1.29, 1.82) is 0 Å². The summed E-state index contributed by atoms with van der Waals surface area (Å²) in [5, 5.41) is 3.64. The summed E-state index contributed by atoms with van der Waals surface area (Å²) in [5.41, 5.74) is 4.37. The molecule has 0 aromatic heterocycles. The molecule has 1 fully saturated rings. The molecule has 1 aliphatic rings. The zero-order valence-corrected chi connectivity index (χ0v) is 14.7. The number of anilines is 1. The maximum Gasteiger partial charge on any atom is 0.0414 e. The molecule has 1 heterocycles. The van der Waals surface area contributed by atoms with Crippen molar-refractivity contribution in [2.45, 2.75) is 72.5 Å². The van der Waals surface area contributed by atoms with Crippen molar-refractivity contribution in [3.63, 3.8) is 0 Å². The smallest absolute Gasteiger partial charge is 0.0414 e. The average Bonchev–Trinajstić information content (AvgIpc) is 2.39. The van der Waals surface area contributed by atoms with Crippen LogP contribution < -0.4 is 10.2 Å². The summed E-state index contributed by atoms with van der Waals surface area (Å²) < 4.78 is 0. The molecule has 0 saturated carbocycles. The number of piperidine rings is 1. The molecule has 21 heavy (non-hydrogen) atoms. The van der Waals surface area contributed by atoms with E-state index in [-0.39, 0.29) is 5.54 Å². The van der Waals surface area contributed by atoms with Crippen LogP contribution in [-0.2, 0) is 6.54 Å². The highest BCUT2D eigenvalue weighted by molar-refractivity contribution is 5.56. The standard InChI is InChI=1S/C19H32N2/c1-14-8-10-18(17(11-14)12-20-19(4,5)6)21-13-15(2)7-9-16(21)3/h8,10-11,15-16,20H,7,9,12-13H2,1-6H3. The van der Waals surface area contributed by atoms with E-state index >= 15 is 0 Å². The molecule has 1 aromatic carbocycles. The third-order valence-corrected chi connectivity index (χ3v) is 4.47. The monoisotopic (exact) mass is 288 g/mol. The zero-order chi connectivity index (χ0) is 15.6. The highest BCUT2D eigenvalue weighted by atomic mass is 15.2. The third-order valence-electron chi connectivity index (χ3n) is 4.47. The Kier molecular flexibility index (Phi) is 4.98. The molecule has 0 radical (unpaired) electrons. The second-order valence-electron chi connectivity index (χ2n) is 7.92. The van der Waals surface area contributed by atoms with Crippen LogP contribution >= 0.6 is 0 Å². The minimum absolute atomic E-state index is 0.155. The fraction of sp³-hybridized carbons (Fsp3) is 0.684. The number of benzene rings is 1. The lowest BCUT2D eigenvalue weighted by molar-refractivity contribution is 0.387. The van der Waals surface area contributed by atoms with Gasteiger partial charge in [0, 0.05) is 30.4 Å². The SMILES string of the molecule is Cc1ccc(N2CC(C)CCC2C)c(CNC(C)(C)C)c1. The van der Waals surface area contributed by atoms with Gasteiger partial charge in [0.15, 0.2) is 0 Å². The van der Waals surface area contributed by atoms with Gasteiger partial charge in [-0.15, -0.1) is 0 Å². The first-order valence-corrected chi connectivity index (χ1v) is 8.37. The number of nitrogens with zero attached hydrogens (tertiary/aromatic N) is 1. The Morgan fingerprint density at radius 3 is 2.57 bits per heavy atom. The van der Waals surface area contributed by atoms with Gasteiger partial charge in [0.05, 0.1) is 0 Å². The van der Waals surface area contributed by atoms with Gasteiger partial charge in [-0.25, -0.2) is 0 Å². The number of hydrogen-bond acceptors (Lipinski definition) is 2. The summed E-state index contributed by atoms with van der Waals surface area (Å²) >= 11 is 0. The van der Waals surface area contributed by atoms with Crippen LogP contribution in [0.25, 0.3) is 0 Å². The maximum atomic E-state index is 3.64. The van der Waals surface area contributed by atoms with E-state index < -0.39 is 0 Å². The lowest BCUT2D eigenvalue weighted by atomic mass is 9.93. The summed E-state index contributed by atoms with van der Waals surface area (Å²) in [6.45, 7) is 15.8. The summed E-state index contributed by atoms with van der Waals surface area (Å²) in [6, 6.07) is 7.57. The second-order valence-corrected chi connectivity index (χ2v) is 7.92. The highest BCUT2D eigenvalue weighted by Crippen LogP contribution is 2.31. The van der Waals surface area contributed by atoms with E-state index in [1.165, 1.54) is 36.2 Å². The predicted molar refractivity (Wildman–Crippen MR) is 93.0 cm³/mol. The molecule has 118 valence electrons. The molecule has 0 aliphatic carbocycles. The first-order valence-electron chi connectivity index (χ1n) is 8.37. The highest BCUT2D eigenvalue weighted by Gasteiger charge is 2.25. The topological polar surface area (TPSA) is 15.3 Å². The van der Waals surface area contributed by atoms with Crippen LogP contribution in [0.1, 0.15) is 58.6 Å². The third kappa shape index (κ3) is 4.47. The van der Waals surface area contributed by atoms with E-state index in [1.807, 2.05) is 0 Å². The van der Waals surface area contributed by atoms with Crippen molar-refractivity contribution in [3.05, 3.63) is 29.3 Å². The quantitative estimate of drug-likeness (QED) is 0.880. The number of nitrogens with one attached hydrogen (secondary N) is 1. The van der Waals surface area contributed by atoms with Crippen LogP contribution in [0.3, 0.4) is 0 Å². The molecule has 2 atom stereocenters. The molecule has 0 amide bonds. The fourth-order valence-corrected chi connectivity index (χ4v) is 3.12. The Balaban J connectivity index is 2.25. The van der Waals surface area contributed by atoms with Gasteiger partial charge >= 0.3 is 0 Å². The fourth-order valence-electron chi connectivity index (χ4n) is 3.12. The maximum absolute atomic E-state index is 3.64. The normalized spacial score (nSPS) is 23.4. The minimum atomic E-state index is 0.155. The van der Waals surface area contributed by atoms with Crippen LogP contribution in [0.15, 0.2) is 18.2 Å². The van der Waals surface area contributed by atoms with Crippen LogP contribution in [0.2, 0.25) is 0 Å². The summed E-state index contributed by atoms with van der Waals surface area (Å²) in [4.78, 5) is 2.62. The molecular formula is C19H32N2. The van der Waals surface area contributed by atoms with Crippen LogP contribution in [-0.4, -0.2) is 18.1 Å². The van der Waals surface area contributed by atoms with Gasteiger partial charge in [0.25, 0.3) is 0 Å². The van der Waals surface area contributed by atoms with Gasteiger partial charge in [-0.2, -0.15) is 0 Å². The molecule has 0 bridgehead atoms. The van der Waals surface area contributed by atoms with E-state index in [1.54, 1.807) is 0 Å². The van der Waals surface area contributed by atoms with Gasteiger partial charge in [-0.05, 0) is 65.0 Å². The number of aryl methyl sites for hydroxylation is 1. The Labute approximate surface area is 130 Å². The largest absolute Gasteiger partial charge is 0.368 e. The lowest BCUT2D eigenvalue weighted by Gasteiger charge is -2.40. The summed E-state index contributed by atoms with van der Waals surface area (Å²) in [7, 11) is 0. The summed E-state index contributed by atoms with van der Waals surface area (Å²) in [5.74, 6) is 0.797. The van der Waals surface area contributed by atoms with E-state index in [4.69, 9.17) is 0 Å². The molecule has 1 N–H and O–H groups in total. The van der Waals surface area contributed by atoms with Crippen molar-refractivity contribution in [2.75, 3.05) is 11.4 Å². The van der Waals surface area contributed by atoms with Crippen molar-refractivity contribution in [3.8, 4) is 0 Å². The van der Waals surface area contributed by atoms with Crippen LogP contribution in [0, 0.1) is 12.8 Å². The number of hydrogen-bond donors (Lipinski definition) is 1. The van der Waals surface area contributed by atoms with Gasteiger partial charge in [-0.1, -0.05) is 24.6 Å². The zero-order valence-electron chi connectivity index (χ0n) is 14.7. The predicted octanol–water partition coefficient (Wildman–Crippen LogP) is 4.51. The minimum Gasteiger partial charge on any atom is -0.368 e. The molecule has 1 aliphatic heterocycles.